The molecule has 1 atom stereocenters. The maximum atomic E-state index is 13.8. The summed E-state index contributed by atoms with van der Waals surface area (Å²) in [5.41, 5.74) is 0.512. The van der Waals surface area contributed by atoms with Gasteiger partial charge in [0, 0.05) is 11.2 Å². The third kappa shape index (κ3) is 5.77. The number of hydrogen-bond acceptors (Lipinski definition) is 7. The molecule has 186 valence electrons. The molecule has 10 heteroatoms. The summed E-state index contributed by atoms with van der Waals surface area (Å²) in [7, 11) is 0. The third-order valence-corrected chi connectivity index (χ3v) is 5.21. The van der Waals surface area contributed by atoms with Crippen molar-refractivity contribution in [3.05, 3.63) is 78.1 Å². The van der Waals surface area contributed by atoms with Crippen LogP contribution < -0.4 is 10.2 Å². The molecule has 0 aliphatic heterocycles. The van der Waals surface area contributed by atoms with E-state index in [4.69, 9.17) is 4.42 Å². The van der Waals surface area contributed by atoms with E-state index >= 15 is 0 Å². The topological polar surface area (TPSA) is 126 Å². The van der Waals surface area contributed by atoms with E-state index in [-0.39, 0.29) is 24.0 Å². The van der Waals surface area contributed by atoms with E-state index in [1.54, 1.807) is 55.5 Å². The molecule has 10 nitrogen and oxygen atoms in total. The molecule has 4 rings (SSSR count). The fourth-order valence-corrected chi connectivity index (χ4v) is 3.70. The second-order valence-corrected chi connectivity index (χ2v) is 9.39. The molecule has 0 fully saturated rings. The fraction of sp³-hybridized carbons (Fsp3) is 0.269. The summed E-state index contributed by atoms with van der Waals surface area (Å²) in [6.45, 7) is 7.14. The first-order valence-electron chi connectivity index (χ1n) is 11.4. The van der Waals surface area contributed by atoms with Gasteiger partial charge in [0.05, 0.1) is 0 Å². The summed E-state index contributed by atoms with van der Waals surface area (Å²) in [5, 5.41) is 25.0. The Hall–Kier alpha value is -4.47. The third-order valence-electron chi connectivity index (χ3n) is 5.21. The average molecular weight is 489 g/mol. The minimum Gasteiger partial charge on any atom is -0.508 e. The zero-order valence-electron chi connectivity index (χ0n) is 20.5. The van der Waals surface area contributed by atoms with Gasteiger partial charge >= 0.3 is 0 Å². The van der Waals surface area contributed by atoms with Gasteiger partial charge in [0.2, 0.25) is 11.7 Å². The first-order valence-corrected chi connectivity index (χ1v) is 11.4. The maximum absolute atomic E-state index is 13.8. The van der Waals surface area contributed by atoms with Crippen molar-refractivity contribution in [3.8, 4) is 17.3 Å². The van der Waals surface area contributed by atoms with Crippen molar-refractivity contribution < 1.29 is 19.1 Å². The van der Waals surface area contributed by atoms with Crippen molar-refractivity contribution in [1.29, 1.82) is 0 Å². The fourth-order valence-electron chi connectivity index (χ4n) is 3.70. The Morgan fingerprint density at radius 2 is 1.75 bits per heavy atom. The van der Waals surface area contributed by atoms with Crippen LogP contribution in [-0.2, 0) is 16.1 Å². The molecule has 0 bridgehead atoms. The summed E-state index contributed by atoms with van der Waals surface area (Å²) in [4.78, 5) is 29.9. The second-order valence-electron chi connectivity index (χ2n) is 9.39. The lowest BCUT2D eigenvalue weighted by atomic mass is 10.0. The molecule has 36 heavy (non-hydrogen) atoms. The van der Waals surface area contributed by atoms with Gasteiger partial charge in [-0.2, -0.15) is 4.80 Å². The number of nitrogens with one attached hydrogen (secondary N) is 1. The number of aromatic nitrogens is 4. The van der Waals surface area contributed by atoms with Gasteiger partial charge in [-0.1, -0.05) is 30.3 Å². The van der Waals surface area contributed by atoms with Crippen LogP contribution in [0.4, 0.5) is 5.69 Å². The molecule has 0 saturated heterocycles. The number of furan rings is 1. The van der Waals surface area contributed by atoms with Crippen LogP contribution >= 0.6 is 0 Å². The van der Waals surface area contributed by atoms with E-state index in [1.807, 2.05) is 26.8 Å². The number of aromatic hydroxyl groups is 1. The molecule has 1 unspecified atom stereocenters. The Labute approximate surface area is 208 Å². The molecule has 0 saturated carbocycles. The second kappa shape index (κ2) is 10.0. The van der Waals surface area contributed by atoms with E-state index in [1.165, 1.54) is 21.8 Å². The number of anilines is 1. The normalized spacial score (nSPS) is 12.2. The SMILES string of the molecule is Cc1ccc(-c2nnn(CC(=O)N(c3ccccc3)C(C(=O)NC(C)(C)C)c3ccc(O)cc3)n2)o1. The highest BCUT2D eigenvalue weighted by atomic mass is 16.3. The number of hydrogen-bond donors (Lipinski definition) is 2. The van der Waals surface area contributed by atoms with Gasteiger partial charge in [0.15, 0.2) is 5.76 Å². The van der Waals surface area contributed by atoms with E-state index in [0.717, 1.165) is 0 Å². The van der Waals surface area contributed by atoms with Crippen molar-refractivity contribution in [2.24, 2.45) is 0 Å². The van der Waals surface area contributed by atoms with Crippen LogP contribution in [0, 0.1) is 6.92 Å². The zero-order chi connectivity index (χ0) is 25.9. The Kier molecular flexibility index (Phi) is 6.86. The molecule has 2 amide bonds. The van der Waals surface area contributed by atoms with Crippen molar-refractivity contribution >= 4 is 17.5 Å². The number of aryl methyl sites for hydroxylation is 1. The summed E-state index contributed by atoms with van der Waals surface area (Å²) in [5.74, 6) is 0.653. The number of phenols is 1. The zero-order valence-corrected chi connectivity index (χ0v) is 20.5. The minimum absolute atomic E-state index is 0.0545. The quantitative estimate of drug-likeness (QED) is 0.407. The Balaban J connectivity index is 1.72. The highest BCUT2D eigenvalue weighted by molar-refractivity contribution is 6.01. The van der Waals surface area contributed by atoms with Gasteiger partial charge in [-0.3, -0.25) is 14.5 Å². The average Bonchev–Trinajstić information content (AvgIpc) is 3.46. The molecule has 2 heterocycles. The van der Waals surface area contributed by atoms with Crippen LogP contribution in [0.2, 0.25) is 0 Å². The molecular weight excluding hydrogens is 460 g/mol. The van der Waals surface area contributed by atoms with E-state index < -0.39 is 17.5 Å². The minimum atomic E-state index is -1.02. The Bertz CT molecular complexity index is 1340. The monoisotopic (exact) mass is 488 g/mol. The number of carbonyl (C=O) groups excluding carboxylic acids is 2. The Morgan fingerprint density at radius 1 is 1.06 bits per heavy atom. The first-order chi connectivity index (χ1) is 17.1. The molecule has 0 aliphatic carbocycles. The highest BCUT2D eigenvalue weighted by Gasteiger charge is 2.34. The van der Waals surface area contributed by atoms with Crippen molar-refractivity contribution in [3.63, 3.8) is 0 Å². The highest BCUT2D eigenvalue weighted by Crippen LogP contribution is 2.30. The summed E-state index contributed by atoms with van der Waals surface area (Å²) in [6.07, 6.45) is 0. The largest absolute Gasteiger partial charge is 0.508 e. The van der Waals surface area contributed by atoms with Crippen LogP contribution in [-0.4, -0.2) is 42.7 Å². The van der Waals surface area contributed by atoms with Gasteiger partial charge in [-0.15, -0.1) is 10.2 Å². The molecule has 2 N–H and O–H groups in total. The number of phenolic OH excluding ortho intramolecular Hbond substituents is 1. The van der Waals surface area contributed by atoms with Crippen LogP contribution in [0.5, 0.6) is 5.75 Å². The van der Waals surface area contributed by atoms with E-state index in [2.05, 4.69) is 20.7 Å². The summed E-state index contributed by atoms with van der Waals surface area (Å²) < 4.78 is 5.54. The standard InChI is InChI=1S/C26H28N6O4/c1-17-10-15-21(36-17)24-28-30-31(29-24)16-22(34)32(19-8-6-5-7-9-19)23(25(35)27-26(2,3)4)18-11-13-20(33)14-12-18/h5-15,23,33H,16H2,1-4H3,(H,27,35). The van der Waals surface area contributed by atoms with Crippen molar-refractivity contribution in [2.75, 3.05) is 4.90 Å². The van der Waals surface area contributed by atoms with E-state index in [9.17, 15) is 14.7 Å². The molecule has 0 spiro atoms. The number of amides is 2. The molecule has 2 aromatic carbocycles. The number of benzene rings is 2. The van der Waals surface area contributed by atoms with Crippen LogP contribution in [0.3, 0.4) is 0 Å². The van der Waals surface area contributed by atoms with Crippen molar-refractivity contribution in [2.45, 2.75) is 45.8 Å². The van der Waals surface area contributed by atoms with Crippen LogP contribution in [0.1, 0.15) is 38.1 Å². The molecule has 0 radical (unpaired) electrons. The van der Waals surface area contributed by atoms with Gasteiger partial charge in [0.25, 0.3) is 5.91 Å². The van der Waals surface area contributed by atoms with Gasteiger partial charge in [0.1, 0.15) is 24.1 Å². The van der Waals surface area contributed by atoms with Crippen LogP contribution in [0.25, 0.3) is 11.6 Å². The molecule has 4 aromatic rings. The van der Waals surface area contributed by atoms with Gasteiger partial charge in [-0.25, -0.2) is 0 Å². The lowest BCUT2D eigenvalue weighted by molar-refractivity contribution is -0.128. The summed E-state index contributed by atoms with van der Waals surface area (Å²) >= 11 is 0. The maximum Gasteiger partial charge on any atom is 0.251 e. The lowest BCUT2D eigenvalue weighted by Gasteiger charge is -2.33. The predicted octanol–water partition coefficient (Wildman–Crippen LogP) is 3.64. The molecule has 2 aromatic heterocycles. The number of tetrazole rings is 1. The predicted molar refractivity (Wildman–Crippen MR) is 133 cm³/mol. The summed E-state index contributed by atoms with van der Waals surface area (Å²) in [6, 6.07) is 17.6. The lowest BCUT2D eigenvalue weighted by Crippen LogP contribution is -2.50. The number of nitrogens with zero attached hydrogens (tertiary/aromatic N) is 5. The first kappa shape index (κ1) is 24.6. The van der Waals surface area contributed by atoms with Crippen molar-refractivity contribution in [1.82, 2.24) is 25.5 Å². The van der Waals surface area contributed by atoms with Gasteiger partial charge < -0.3 is 14.8 Å². The number of para-hydroxylation sites is 1. The van der Waals surface area contributed by atoms with Gasteiger partial charge in [-0.05, 0) is 74.9 Å². The molecule has 0 aliphatic rings. The number of rotatable bonds is 7. The van der Waals surface area contributed by atoms with Crippen LogP contribution in [0.15, 0.2) is 71.1 Å². The Morgan fingerprint density at radius 3 is 2.36 bits per heavy atom. The number of carbonyl (C=O) groups is 2. The molecular formula is C26H28N6O4. The smallest absolute Gasteiger partial charge is 0.251 e. The van der Waals surface area contributed by atoms with E-state index in [0.29, 0.717) is 22.8 Å².